The van der Waals surface area contributed by atoms with E-state index in [1.807, 2.05) is 30.3 Å². The first-order chi connectivity index (χ1) is 9.28. The smallest absolute Gasteiger partial charge is 0.223 e. The highest BCUT2D eigenvalue weighted by Gasteiger charge is 2.09. The number of aromatic nitrogens is 3. The van der Waals surface area contributed by atoms with Crippen LogP contribution >= 0.6 is 0 Å². The van der Waals surface area contributed by atoms with Crippen LogP contribution in [0.25, 0.3) is 22.2 Å². The van der Waals surface area contributed by atoms with E-state index in [0.717, 1.165) is 16.5 Å². The zero-order chi connectivity index (χ0) is 13.2. The molecular weight excluding hydrogens is 240 g/mol. The number of rotatable bonds is 2. The van der Waals surface area contributed by atoms with Gasteiger partial charge in [-0.3, -0.25) is 4.98 Å². The van der Waals surface area contributed by atoms with Crippen molar-refractivity contribution in [3.05, 3.63) is 42.6 Å². The van der Waals surface area contributed by atoms with Crippen LogP contribution in [0.3, 0.4) is 0 Å². The number of anilines is 1. The van der Waals surface area contributed by atoms with E-state index in [1.54, 1.807) is 19.4 Å². The van der Waals surface area contributed by atoms with Crippen molar-refractivity contribution < 1.29 is 4.74 Å². The molecule has 3 aromatic rings. The number of ether oxygens (including phenoxy) is 1. The van der Waals surface area contributed by atoms with Gasteiger partial charge in [0.25, 0.3) is 0 Å². The third kappa shape index (κ3) is 2.06. The topological polar surface area (TPSA) is 73.9 Å². The third-order valence-electron chi connectivity index (χ3n) is 2.84. The Labute approximate surface area is 110 Å². The van der Waals surface area contributed by atoms with Gasteiger partial charge in [0.1, 0.15) is 0 Å². The molecule has 94 valence electrons. The van der Waals surface area contributed by atoms with Crippen molar-refractivity contribution >= 4 is 16.9 Å². The van der Waals surface area contributed by atoms with E-state index in [4.69, 9.17) is 10.5 Å². The van der Waals surface area contributed by atoms with Gasteiger partial charge in [-0.1, -0.05) is 24.3 Å². The molecule has 5 nitrogen and oxygen atoms in total. The summed E-state index contributed by atoms with van der Waals surface area (Å²) in [6.07, 6.45) is 1.76. The molecule has 0 saturated carbocycles. The van der Waals surface area contributed by atoms with Crippen LogP contribution in [0.5, 0.6) is 5.88 Å². The molecule has 2 aromatic heterocycles. The molecule has 0 aliphatic carbocycles. The number of para-hydroxylation sites is 1. The fourth-order valence-corrected chi connectivity index (χ4v) is 2.00. The number of methoxy groups -OCH3 is 1. The van der Waals surface area contributed by atoms with E-state index < -0.39 is 0 Å². The minimum Gasteiger partial charge on any atom is -0.481 e. The first-order valence-corrected chi connectivity index (χ1v) is 5.80. The fourth-order valence-electron chi connectivity index (χ4n) is 2.00. The summed E-state index contributed by atoms with van der Waals surface area (Å²) in [5, 5.41) is 1.05. The second kappa shape index (κ2) is 4.53. The zero-order valence-electron chi connectivity index (χ0n) is 10.4. The van der Waals surface area contributed by atoms with Crippen LogP contribution in [0.2, 0.25) is 0 Å². The molecule has 0 aliphatic heterocycles. The zero-order valence-corrected chi connectivity index (χ0v) is 10.4. The lowest BCUT2D eigenvalue weighted by Gasteiger charge is -2.07. The van der Waals surface area contributed by atoms with E-state index in [2.05, 4.69) is 15.0 Å². The van der Waals surface area contributed by atoms with E-state index in [-0.39, 0.29) is 5.95 Å². The summed E-state index contributed by atoms with van der Waals surface area (Å²) in [5.74, 6) is 0.623. The number of benzene rings is 1. The summed E-state index contributed by atoms with van der Waals surface area (Å²) in [7, 11) is 1.55. The first-order valence-electron chi connectivity index (χ1n) is 5.80. The molecule has 0 aliphatic rings. The van der Waals surface area contributed by atoms with Crippen LogP contribution in [0.4, 0.5) is 5.95 Å². The van der Waals surface area contributed by atoms with Gasteiger partial charge in [0.05, 0.1) is 18.3 Å². The summed E-state index contributed by atoms with van der Waals surface area (Å²) in [4.78, 5) is 12.6. The molecule has 0 radical (unpaired) electrons. The highest BCUT2D eigenvalue weighted by atomic mass is 16.5. The van der Waals surface area contributed by atoms with Crippen molar-refractivity contribution in [2.45, 2.75) is 0 Å². The molecule has 2 N–H and O–H groups in total. The Morgan fingerprint density at radius 3 is 2.79 bits per heavy atom. The Balaban J connectivity index is 2.27. The fraction of sp³-hybridized carbons (Fsp3) is 0.0714. The summed E-state index contributed by atoms with van der Waals surface area (Å²) in [6, 6.07) is 11.6. The van der Waals surface area contributed by atoms with Gasteiger partial charge in [0.2, 0.25) is 11.8 Å². The Bertz CT molecular complexity index is 737. The van der Waals surface area contributed by atoms with Gasteiger partial charge in [-0.15, -0.1) is 0 Å². The number of hydrogen-bond acceptors (Lipinski definition) is 5. The molecule has 0 atom stereocenters. The average Bonchev–Trinajstić information content (AvgIpc) is 2.46. The van der Waals surface area contributed by atoms with Gasteiger partial charge in [0, 0.05) is 23.2 Å². The Morgan fingerprint density at radius 2 is 1.95 bits per heavy atom. The lowest BCUT2D eigenvalue weighted by Crippen LogP contribution is -1.99. The van der Waals surface area contributed by atoms with Crippen molar-refractivity contribution in [2.75, 3.05) is 12.8 Å². The SMILES string of the molecule is COc1cc(-c2cccc3cccnc23)nc(N)n1. The molecule has 0 unspecified atom stereocenters. The van der Waals surface area contributed by atoms with Crippen LogP contribution < -0.4 is 10.5 Å². The minimum absolute atomic E-state index is 0.183. The number of nitrogens with two attached hydrogens (primary N) is 1. The first kappa shape index (κ1) is 11.4. The molecule has 0 bridgehead atoms. The lowest BCUT2D eigenvalue weighted by atomic mass is 10.1. The Morgan fingerprint density at radius 1 is 1.11 bits per heavy atom. The van der Waals surface area contributed by atoms with Crippen molar-refractivity contribution in [2.24, 2.45) is 0 Å². The largest absolute Gasteiger partial charge is 0.481 e. The van der Waals surface area contributed by atoms with E-state index in [0.29, 0.717) is 11.6 Å². The van der Waals surface area contributed by atoms with Gasteiger partial charge >= 0.3 is 0 Å². The van der Waals surface area contributed by atoms with Crippen molar-refractivity contribution in [3.8, 4) is 17.1 Å². The molecular formula is C14H12N4O. The van der Waals surface area contributed by atoms with Crippen molar-refractivity contribution in [1.82, 2.24) is 15.0 Å². The Hall–Kier alpha value is -2.69. The molecule has 0 spiro atoms. The summed E-state index contributed by atoms with van der Waals surface area (Å²) in [5.41, 5.74) is 8.18. The Kier molecular flexibility index (Phi) is 2.72. The molecule has 5 heteroatoms. The standard InChI is InChI=1S/C14H12N4O/c1-19-12-8-11(17-14(15)18-12)10-6-2-4-9-5-3-7-16-13(9)10/h2-8H,1H3,(H2,15,17,18). The van der Waals surface area contributed by atoms with E-state index in [9.17, 15) is 0 Å². The second-order valence-electron chi connectivity index (χ2n) is 4.03. The highest BCUT2D eigenvalue weighted by Crippen LogP contribution is 2.27. The third-order valence-corrected chi connectivity index (χ3v) is 2.84. The quantitative estimate of drug-likeness (QED) is 0.757. The number of nitrogens with zero attached hydrogens (tertiary/aromatic N) is 3. The minimum atomic E-state index is 0.183. The number of pyridine rings is 1. The van der Waals surface area contributed by atoms with Crippen LogP contribution in [0, 0.1) is 0 Å². The normalized spacial score (nSPS) is 10.6. The van der Waals surface area contributed by atoms with E-state index in [1.165, 1.54) is 0 Å². The predicted octanol–water partition coefficient (Wildman–Crippen LogP) is 2.28. The molecule has 3 rings (SSSR count). The van der Waals surface area contributed by atoms with E-state index >= 15 is 0 Å². The molecule has 0 fully saturated rings. The van der Waals surface area contributed by atoms with Gasteiger partial charge in [-0.25, -0.2) is 4.98 Å². The molecule has 0 saturated heterocycles. The molecule has 19 heavy (non-hydrogen) atoms. The number of nitrogen functional groups attached to an aromatic ring is 1. The monoisotopic (exact) mass is 252 g/mol. The molecule has 1 aromatic carbocycles. The van der Waals surface area contributed by atoms with Crippen LogP contribution in [0.1, 0.15) is 0 Å². The average molecular weight is 252 g/mol. The van der Waals surface area contributed by atoms with Gasteiger partial charge < -0.3 is 10.5 Å². The highest BCUT2D eigenvalue weighted by molar-refractivity contribution is 5.92. The van der Waals surface area contributed by atoms with Crippen LogP contribution in [0.15, 0.2) is 42.6 Å². The number of fused-ring (bicyclic) bond motifs is 1. The molecule has 0 amide bonds. The maximum Gasteiger partial charge on any atom is 0.223 e. The van der Waals surface area contributed by atoms with Crippen molar-refractivity contribution in [1.29, 1.82) is 0 Å². The summed E-state index contributed by atoms with van der Waals surface area (Å²) >= 11 is 0. The van der Waals surface area contributed by atoms with Crippen LogP contribution in [-0.2, 0) is 0 Å². The lowest BCUT2D eigenvalue weighted by molar-refractivity contribution is 0.398. The number of hydrogen-bond donors (Lipinski definition) is 1. The van der Waals surface area contributed by atoms with Crippen LogP contribution in [-0.4, -0.2) is 22.1 Å². The van der Waals surface area contributed by atoms with Gasteiger partial charge in [-0.2, -0.15) is 4.98 Å². The van der Waals surface area contributed by atoms with Gasteiger partial charge in [-0.05, 0) is 6.07 Å². The molecule has 2 heterocycles. The summed E-state index contributed by atoms with van der Waals surface area (Å²) in [6.45, 7) is 0. The summed E-state index contributed by atoms with van der Waals surface area (Å²) < 4.78 is 5.12. The second-order valence-corrected chi connectivity index (χ2v) is 4.03. The van der Waals surface area contributed by atoms with Gasteiger partial charge in [0.15, 0.2) is 0 Å². The predicted molar refractivity (Wildman–Crippen MR) is 73.7 cm³/mol. The maximum atomic E-state index is 5.69. The van der Waals surface area contributed by atoms with Crippen molar-refractivity contribution in [3.63, 3.8) is 0 Å². The maximum absolute atomic E-state index is 5.69.